The minimum absolute atomic E-state index is 0.000166. The second-order valence-corrected chi connectivity index (χ2v) is 9.01. The zero-order valence-corrected chi connectivity index (χ0v) is 19.3. The Morgan fingerprint density at radius 3 is 2.82 bits per heavy atom. The number of anilines is 1. The molecule has 0 spiro atoms. The predicted molar refractivity (Wildman–Crippen MR) is 132 cm³/mol. The average Bonchev–Trinajstić information content (AvgIpc) is 2.88. The maximum Gasteiger partial charge on any atom is 0.246 e. The summed E-state index contributed by atoms with van der Waals surface area (Å²) in [6.45, 7) is 5.85. The van der Waals surface area contributed by atoms with Crippen molar-refractivity contribution in [2.75, 3.05) is 44.7 Å². The molecule has 0 bridgehead atoms. The Morgan fingerprint density at radius 2 is 2.00 bits per heavy atom. The van der Waals surface area contributed by atoms with E-state index in [1.807, 2.05) is 11.0 Å². The molecular formula is C27H30N4O3. The van der Waals surface area contributed by atoms with E-state index in [4.69, 9.17) is 4.74 Å². The Bertz CT molecular complexity index is 1130. The molecule has 3 aliphatic heterocycles. The molecule has 1 aromatic heterocycles. The topological polar surface area (TPSA) is 74.8 Å². The lowest BCUT2D eigenvalue weighted by molar-refractivity contribution is -0.125. The lowest BCUT2D eigenvalue weighted by atomic mass is 9.97. The molecule has 0 unspecified atom stereocenters. The highest BCUT2D eigenvalue weighted by molar-refractivity contribution is 5.94. The predicted octanol–water partition coefficient (Wildman–Crippen LogP) is 3.13. The van der Waals surface area contributed by atoms with Gasteiger partial charge in [-0.25, -0.2) is 4.98 Å². The standard InChI is InChI=1S/C27H30N4O3/c32-25-6-5-24-16-20(18-28-27(24)29-25)4-7-26(33)31-10-8-22(9-11-31)23-3-1-2-21(17-23)19-30-12-14-34-15-13-30/h1-4,7-8,16-18H,5-6,9-15,19H2,(H,28,29,32). The molecule has 0 aliphatic carbocycles. The smallest absolute Gasteiger partial charge is 0.246 e. The number of amides is 2. The highest BCUT2D eigenvalue weighted by Gasteiger charge is 2.18. The molecule has 1 N–H and O–H groups in total. The number of rotatable bonds is 5. The van der Waals surface area contributed by atoms with Crippen LogP contribution in [0.25, 0.3) is 11.6 Å². The van der Waals surface area contributed by atoms with Crippen molar-refractivity contribution >= 4 is 29.3 Å². The Balaban J connectivity index is 1.18. The minimum atomic E-state index is -0.000166. The van der Waals surface area contributed by atoms with Crippen LogP contribution in [-0.2, 0) is 27.3 Å². The molecule has 2 aromatic rings. The van der Waals surface area contributed by atoms with Crippen molar-refractivity contribution in [2.45, 2.75) is 25.8 Å². The van der Waals surface area contributed by atoms with E-state index in [1.54, 1.807) is 18.3 Å². The van der Waals surface area contributed by atoms with Crippen molar-refractivity contribution in [3.8, 4) is 0 Å². The fourth-order valence-corrected chi connectivity index (χ4v) is 4.66. The fraction of sp³-hybridized carbons (Fsp3) is 0.370. The Labute approximate surface area is 200 Å². The molecule has 0 radical (unpaired) electrons. The van der Waals surface area contributed by atoms with Gasteiger partial charge < -0.3 is 15.0 Å². The molecule has 0 atom stereocenters. The quantitative estimate of drug-likeness (QED) is 0.697. The van der Waals surface area contributed by atoms with E-state index >= 15 is 0 Å². The molecule has 0 saturated carbocycles. The van der Waals surface area contributed by atoms with Crippen molar-refractivity contribution in [2.24, 2.45) is 0 Å². The molecule has 1 saturated heterocycles. The zero-order valence-electron chi connectivity index (χ0n) is 19.3. The molecule has 176 valence electrons. The summed E-state index contributed by atoms with van der Waals surface area (Å²) in [7, 11) is 0. The van der Waals surface area contributed by atoms with Crippen molar-refractivity contribution in [1.82, 2.24) is 14.8 Å². The van der Waals surface area contributed by atoms with Crippen LogP contribution in [0.15, 0.2) is 48.7 Å². The molecule has 1 aromatic carbocycles. The van der Waals surface area contributed by atoms with Crippen LogP contribution in [0.2, 0.25) is 0 Å². The van der Waals surface area contributed by atoms with Gasteiger partial charge in [0.25, 0.3) is 0 Å². The van der Waals surface area contributed by atoms with Crippen LogP contribution in [0.4, 0.5) is 5.82 Å². The van der Waals surface area contributed by atoms with Crippen molar-refractivity contribution in [3.05, 3.63) is 70.9 Å². The largest absolute Gasteiger partial charge is 0.379 e. The SMILES string of the molecule is O=C1CCc2cc(C=CC(=O)N3CC=C(c4cccc(CN5CCOCC5)c4)CC3)cnc2N1. The molecule has 1 fully saturated rings. The zero-order chi connectivity index (χ0) is 23.3. The second-order valence-electron chi connectivity index (χ2n) is 9.01. The van der Waals surface area contributed by atoms with Gasteiger partial charge in [-0.1, -0.05) is 30.3 Å². The number of benzene rings is 1. The van der Waals surface area contributed by atoms with E-state index in [1.165, 1.54) is 16.7 Å². The van der Waals surface area contributed by atoms with E-state index in [9.17, 15) is 9.59 Å². The van der Waals surface area contributed by atoms with Gasteiger partial charge in [-0.2, -0.15) is 0 Å². The normalized spacial score (nSPS) is 19.0. The highest BCUT2D eigenvalue weighted by atomic mass is 16.5. The summed E-state index contributed by atoms with van der Waals surface area (Å²) < 4.78 is 5.45. The van der Waals surface area contributed by atoms with Crippen LogP contribution in [0.1, 0.15) is 35.1 Å². The molecule has 7 heteroatoms. The van der Waals surface area contributed by atoms with Gasteiger partial charge in [0.2, 0.25) is 11.8 Å². The number of fused-ring (bicyclic) bond motifs is 1. The number of hydrogen-bond acceptors (Lipinski definition) is 5. The van der Waals surface area contributed by atoms with Crippen LogP contribution in [0, 0.1) is 0 Å². The summed E-state index contributed by atoms with van der Waals surface area (Å²) in [5.74, 6) is 0.629. The molecular weight excluding hydrogens is 428 g/mol. The van der Waals surface area contributed by atoms with Gasteiger partial charge in [0.1, 0.15) is 5.82 Å². The van der Waals surface area contributed by atoms with E-state index in [-0.39, 0.29) is 11.8 Å². The number of pyridine rings is 1. The van der Waals surface area contributed by atoms with Crippen molar-refractivity contribution < 1.29 is 14.3 Å². The highest BCUT2D eigenvalue weighted by Crippen LogP contribution is 2.25. The first kappa shape index (κ1) is 22.5. The fourth-order valence-electron chi connectivity index (χ4n) is 4.66. The molecule has 34 heavy (non-hydrogen) atoms. The summed E-state index contributed by atoms with van der Waals surface area (Å²) in [5, 5.41) is 2.78. The van der Waals surface area contributed by atoms with E-state index in [0.717, 1.165) is 50.4 Å². The van der Waals surface area contributed by atoms with Gasteiger partial charge in [-0.3, -0.25) is 14.5 Å². The monoisotopic (exact) mass is 458 g/mol. The minimum Gasteiger partial charge on any atom is -0.379 e. The first-order valence-electron chi connectivity index (χ1n) is 12.0. The van der Waals surface area contributed by atoms with Gasteiger partial charge in [0.15, 0.2) is 0 Å². The molecule has 2 amide bonds. The molecule has 5 rings (SSSR count). The van der Waals surface area contributed by atoms with Crippen LogP contribution in [0.5, 0.6) is 0 Å². The van der Waals surface area contributed by atoms with Crippen LogP contribution in [-0.4, -0.2) is 66.0 Å². The van der Waals surface area contributed by atoms with E-state index in [2.05, 4.69) is 45.5 Å². The number of carbonyl (C=O) groups excluding carboxylic acids is 2. The van der Waals surface area contributed by atoms with Crippen molar-refractivity contribution in [3.63, 3.8) is 0 Å². The summed E-state index contributed by atoms with van der Waals surface area (Å²) >= 11 is 0. The number of ether oxygens (including phenoxy) is 1. The third kappa shape index (κ3) is 5.43. The Morgan fingerprint density at radius 1 is 1.12 bits per heavy atom. The van der Waals surface area contributed by atoms with E-state index < -0.39 is 0 Å². The lowest BCUT2D eigenvalue weighted by Crippen LogP contribution is -2.35. The average molecular weight is 459 g/mol. The van der Waals surface area contributed by atoms with Crippen LogP contribution >= 0.6 is 0 Å². The number of nitrogens with zero attached hydrogens (tertiary/aromatic N) is 3. The second kappa shape index (κ2) is 10.3. The van der Waals surface area contributed by atoms with Crippen molar-refractivity contribution in [1.29, 1.82) is 0 Å². The first-order chi connectivity index (χ1) is 16.6. The molecule has 4 heterocycles. The molecule has 7 nitrogen and oxygen atoms in total. The summed E-state index contributed by atoms with van der Waals surface area (Å²) in [5.41, 5.74) is 5.75. The summed E-state index contributed by atoms with van der Waals surface area (Å²) in [6, 6.07) is 10.8. The summed E-state index contributed by atoms with van der Waals surface area (Å²) in [4.78, 5) is 32.8. The lowest BCUT2D eigenvalue weighted by Gasteiger charge is -2.27. The van der Waals surface area contributed by atoms with Gasteiger partial charge >= 0.3 is 0 Å². The Kier molecular flexibility index (Phi) is 6.83. The first-order valence-corrected chi connectivity index (χ1v) is 12.0. The number of hydrogen-bond donors (Lipinski definition) is 1. The maximum atomic E-state index is 12.7. The van der Waals surface area contributed by atoms with Gasteiger partial charge in [-0.15, -0.1) is 0 Å². The summed E-state index contributed by atoms with van der Waals surface area (Å²) in [6.07, 6.45) is 9.28. The Hall–Kier alpha value is -3.29. The number of morpholine rings is 1. The third-order valence-corrected chi connectivity index (χ3v) is 6.61. The maximum absolute atomic E-state index is 12.7. The van der Waals surface area contributed by atoms with Gasteiger partial charge in [0, 0.05) is 51.4 Å². The van der Waals surface area contributed by atoms with E-state index in [0.29, 0.717) is 31.7 Å². The van der Waals surface area contributed by atoms with Gasteiger partial charge in [0.05, 0.1) is 13.2 Å². The van der Waals surface area contributed by atoms with Gasteiger partial charge in [-0.05, 0) is 52.8 Å². The third-order valence-electron chi connectivity index (χ3n) is 6.61. The number of carbonyl (C=O) groups is 2. The number of aryl methyl sites for hydroxylation is 1. The number of nitrogens with one attached hydrogen (secondary N) is 1. The van der Waals surface area contributed by atoms with Crippen LogP contribution in [0.3, 0.4) is 0 Å². The van der Waals surface area contributed by atoms with Crippen LogP contribution < -0.4 is 5.32 Å². The number of aromatic nitrogens is 1. The molecule has 3 aliphatic rings.